The number of hydrogen-bond donors (Lipinski definition) is 2. The van der Waals surface area contributed by atoms with Crippen LogP contribution in [0.5, 0.6) is 0 Å². The maximum absolute atomic E-state index is 13.0. The van der Waals surface area contributed by atoms with E-state index in [0.29, 0.717) is 21.1 Å². The van der Waals surface area contributed by atoms with E-state index in [-0.39, 0.29) is 5.82 Å². The van der Waals surface area contributed by atoms with E-state index in [1.165, 1.54) is 23.5 Å². The Labute approximate surface area is 124 Å². The predicted octanol–water partition coefficient (Wildman–Crippen LogP) is 3.09. The highest BCUT2D eigenvalue weighted by Gasteiger charge is 2.17. The molecule has 106 valence electrons. The number of amides is 1. The first-order chi connectivity index (χ1) is 9.97. The molecule has 1 aromatic carbocycles. The van der Waals surface area contributed by atoms with Gasteiger partial charge in [-0.15, -0.1) is 11.3 Å². The van der Waals surface area contributed by atoms with E-state index in [1.807, 2.05) is 13.0 Å². The molecule has 4 nitrogen and oxygen atoms in total. The van der Waals surface area contributed by atoms with Gasteiger partial charge in [0.25, 0.3) is 5.91 Å². The van der Waals surface area contributed by atoms with Crippen LogP contribution >= 0.6 is 11.3 Å². The summed E-state index contributed by atoms with van der Waals surface area (Å²) in [5.74, 6) is -0.855. The molecule has 4 N–H and O–H groups in total. The van der Waals surface area contributed by atoms with Crippen LogP contribution in [0.25, 0.3) is 21.5 Å². The van der Waals surface area contributed by atoms with Gasteiger partial charge < -0.3 is 11.5 Å². The number of carbonyl (C=O) groups excluding carboxylic acids is 1. The molecule has 0 saturated carbocycles. The fourth-order valence-electron chi connectivity index (χ4n) is 2.26. The smallest absolute Gasteiger partial charge is 0.260 e. The summed E-state index contributed by atoms with van der Waals surface area (Å²) in [4.78, 5) is 16.9. The number of nitrogens with zero attached hydrogens (tertiary/aromatic N) is 1. The summed E-state index contributed by atoms with van der Waals surface area (Å²) < 4.78 is 13.0. The second-order valence-electron chi connectivity index (χ2n) is 4.72. The summed E-state index contributed by atoms with van der Waals surface area (Å²) in [5.41, 5.74) is 14.1. The monoisotopic (exact) mass is 301 g/mol. The highest BCUT2D eigenvalue weighted by Crippen LogP contribution is 2.36. The molecular formula is C15H12FN3OS. The number of fused-ring (bicyclic) bond motifs is 1. The lowest BCUT2D eigenvalue weighted by atomic mass is 10.1. The second-order valence-corrected chi connectivity index (χ2v) is 5.72. The highest BCUT2D eigenvalue weighted by atomic mass is 32.1. The van der Waals surface area contributed by atoms with Crippen molar-refractivity contribution in [2.75, 3.05) is 5.73 Å². The van der Waals surface area contributed by atoms with Gasteiger partial charge >= 0.3 is 0 Å². The van der Waals surface area contributed by atoms with Crippen LogP contribution in [0.1, 0.15) is 15.2 Å². The number of aryl methyl sites for hydroxylation is 1. The number of rotatable bonds is 2. The number of thiophene rings is 1. The van der Waals surface area contributed by atoms with Crippen molar-refractivity contribution in [3.05, 3.63) is 46.6 Å². The fourth-order valence-corrected chi connectivity index (χ4v) is 3.28. The lowest BCUT2D eigenvalue weighted by molar-refractivity contribution is 0.100. The van der Waals surface area contributed by atoms with Crippen LogP contribution in [0.15, 0.2) is 30.3 Å². The van der Waals surface area contributed by atoms with Gasteiger partial charge in [0.1, 0.15) is 15.5 Å². The molecule has 6 heteroatoms. The zero-order valence-corrected chi connectivity index (χ0v) is 12.0. The summed E-state index contributed by atoms with van der Waals surface area (Å²) in [5, 5.41) is 0.750. The molecule has 3 rings (SSSR count). The summed E-state index contributed by atoms with van der Waals surface area (Å²) in [6.07, 6.45) is 0. The Morgan fingerprint density at radius 2 is 1.95 bits per heavy atom. The number of anilines is 1. The topological polar surface area (TPSA) is 82.0 Å². The number of carbonyl (C=O) groups is 1. The summed E-state index contributed by atoms with van der Waals surface area (Å²) in [6, 6.07) is 7.95. The molecular weight excluding hydrogens is 289 g/mol. The standard InChI is InChI=1S/C15H12FN3OS/c1-7-6-10(8-2-4-9(16)5-3-8)19-15-11(7)12(17)13(21-15)14(18)20/h2-6H,17H2,1H3,(H2,18,20). The van der Waals surface area contributed by atoms with E-state index >= 15 is 0 Å². The minimum Gasteiger partial charge on any atom is -0.397 e. The van der Waals surface area contributed by atoms with Gasteiger partial charge in [0.15, 0.2) is 0 Å². The van der Waals surface area contributed by atoms with Gasteiger partial charge in [-0.3, -0.25) is 4.79 Å². The second kappa shape index (κ2) is 4.82. The Morgan fingerprint density at radius 3 is 2.57 bits per heavy atom. The summed E-state index contributed by atoms with van der Waals surface area (Å²) in [7, 11) is 0. The number of aromatic nitrogens is 1. The maximum Gasteiger partial charge on any atom is 0.260 e. The highest BCUT2D eigenvalue weighted by molar-refractivity contribution is 7.21. The Morgan fingerprint density at radius 1 is 1.29 bits per heavy atom. The lowest BCUT2D eigenvalue weighted by Gasteiger charge is -2.04. The predicted molar refractivity (Wildman–Crippen MR) is 82.7 cm³/mol. The third-order valence-electron chi connectivity index (χ3n) is 3.26. The normalized spacial score (nSPS) is 11.0. The van der Waals surface area contributed by atoms with Gasteiger partial charge in [-0.05, 0) is 42.8 Å². The van der Waals surface area contributed by atoms with Crippen LogP contribution in [0, 0.1) is 12.7 Å². The molecule has 0 aliphatic heterocycles. The molecule has 0 bridgehead atoms. The van der Waals surface area contributed by atoms with Crippen molar-refractivity contribution < 1.29 is 9.18 Å². The third-order valence-corrected chi connectivity index (χ3v) is 4.37. The fraction of sp³-hybridized carbons (Fsp3) is 0.0667. The van der Waals surface area contributed by atoms with E-state index in [0.717, 1.165) is 16.5 Å². The zero-order valence-electron chi connectivity index (χ0n) is 11.2. The Bertz CT molecular complexity index is 855. The molecule has 0 atom stereocenters. The molecule has 3 aromatic rings. The van der Waals surface area contributed by atoms with Crippen molar-refractivity contribution in [3.63, 3.8) is 0 Å². The quantitative estimate of drug-likeness (QED) is 0.763. The number of nitrogens with two attached hydrogens (primary N) is 2. The van der Waals surface area contributed by atoms with Crippen molar-refractivity contribution in [1.29, 1.82) is 0 Å². The van der Waals surface area contributed by atoms with Crippen molar-refractivity contribution in [2.45, 2.75) is 6.92 Å². The zero-order chi connectivity index (χ0) is 15.1. The SMILES string of the molecule is Cc1cc(-c2ccc(F)cc2)nc2sc(C(N)=O)c(N)c12. The molecule has 0 fully saturated rings. The van der Waals surface area contributed by atoms with Crippen molar-refractivity contribution >= 4 is 33.1 Å². The van der Waals surface area contributed by atoms with Crippen LogP contribution in [0.4, 0.5) is 10.1 Å². The number of primary amides is 1. The third kappa shape index (κ3) is 2.23. The molecule has 0 saturated heterocycles. The molecule has 0 aliphatic carbocycles. The molecule has 0 spiro atoms. The maximum atomic E-state index is 13.0. The largest absolute Gasteiger partial charge is 0.397 e. The van der Waals surface area contributed by atoms with Crippen LogP contribution in [-0.4, -0.2) is 10.9 Å². The average Bonchev–Trinajstić information content (AvgIpc) is 2.77. The molecule has 0 aliphatic rings. The Kier molecular flexibility index (Phi) is 3.10. The summed E-state index contributed by atoms with van der Waals surface area (Å²) >= 11 is 1.17. The lowest BCUT2D eigenvalue weighted by Crippen LogP contribution is -2.10. The van der Waals surface area contributed by atoms with Gasteiger partial charge in [0.05, 0.1) is 11.4 Å². The van der Waals surface area contributed by atoms with Crippen LogP contribution in [0.2, 0.25) is 0 Å². The van der Waals surface area contributed by atoms with Gasteiger partial charge in [-0.1, -0.05) is 0 Å². The van der Waals surface area contributed by atoms with E-state index < -0.39 is 5.91 Å². The number of hydrogen-bond acceptors (Lipinski definition) is 4. The van der Waals surface area contributed by atoms with E-state index in [2.05, 4.69) is 4.98 Å². The average molecular weight is 301 g/mol. The number of halogens is 1. The van der Waals surface area contributed by atoms with Gasteiger partial charge in [-0.25, -0.2) is 9.37 Å². The van der Waals surface area contributed by atoms with Crippen LogP contribution < -0.4 is 11.5 Å². The number of nitrogen functional groups attached to an aromatic ring is 1. The molecule has 21 heavy (non-hydrogen) atoms. The van der Waals surface area contributed by atoms with Crippen LogP contribution in [0.3, 0.4) is 0 Å². The van der Waals surface area contributed by atoms with Gasteiger partial charge in [0, 0.05) is 10.9 Å². The molecule has 0 unspecified atom stereocenters. The van der Waals surface area contributed by atoms with Crippen molar-refractivity contribution in [1.82, 2.24) is 4.98 Å². The minimum atomic E-state index is -0.557. The molecule has 2 aromatic heterocycles. The first-order valence-electron chi connectivity index (χ1n) is 6.22. The first-order valence-corrected chi connectivity index (χ1v) is 7.04. The van der Waals surface area contributed by atoms with Crippen molar-refractivity contribution in [2.24, 2.45) is 5.73 Å². The van der Waals surface area contributed by atoms with E-state index in [1.54, 1.807) is 12.1 Å². The molecule has 0 radical (unpaired) electrons. The minimum absolute atomic E-state index is 0.298. The van der Waals surface area contributed by atoms with E-state index in [4.69, 9.17) is 11.5 Å². The Hall–Kier alpha value is -2.47. The van der Waals surface area contributed by atoms with Crippen LogP contribution in [-0.2, 0) is 0 Å². The molecule has 1 amide bonds. The summed E-state index contributed by atoms with van der Waals surface area (Å²) in [6.45, 7) is 1.89. The number of pyridine rings is 1. The molecule has 2 heterocycles. The number of benzene rings is 1. The van der Waals surface area contributed by atoms with Crippen molar-refractivity contribution in [3.8, 4) is 11.3 Å². The Balaban J connectivity index is 2.23. The van der Waals surface area contributed by atoms with Gasteiger partial charge in [-0.2, -0.15) is 0 Å². The van der Waals surface area contributed by atoms with E-state index in [9.17, 15) is 9.18 Å². The first kappa shape index (κ1) is 13.5. The van der Waals surface area contributed by atoms with Gasteiger partial charge in [0.2, 0.25) is 0 Å².